The minimum Gasteiger partial charge on any atom is -0.492 e. The molecule has 1 fully saturated rings. The SMILES string of the molecule is COc1c(OCCN2CCCC2)cccc1C1OC(CC(=O)NCc2ccccc2F)C(=O)N(CC(C)(C)C)c2ccc(Cl)cc21.Cl. The van der Waals surface area contributed by atoms with Crippen molar-refractivity contribution in [3.05, 3.63) is 88.2 Å². The van der Waals surface area contributed by atoms with Crippen LogP contribution in [0, 0.1) is 11.2 Å². The summed E-state index contributed by atoms with van der Waals surface area (Å²) >= 11 is 6.55. The van der Waals surface area contributed by atoms with Crippen molar-refractivity contribution in [2.75, 3.05) is 44.8 Å². The Balaban J connectivity index is 0.00000500. The number of halogens is 3. The van der Waals surface area contributed by atoms with E-state index in [2.05, 4.69) is 10.2 Å². The molecule has 254 valence electrons. The first-order valence-corrected chi connectivity index (χ1v) is 16.2. The van der Waals surface area contributed by atoms with Crippen LogP contribution in [0.4, 0.5) is 10.1 Å². The van der Waals surface area contributed by atoms with Gasteiger partial charge in [0.1, 0.15) is 24.6 Å². The van der Waals surface area contributed by atoms with Gasteiger partial charge in [-0.25, -0.2) is 4.39 Å². The normalized spacial score (nSPS) is 18.3. The number of carbonyl (C=O) groups excluding carboxylic acids is 2. The first-order valence-electron chi connectivity index (χ1n) is 15.8. The lowest BCUT2D eigenvalue weighted by Gasteiger charge is -2.31. The first-order chi connectivity index (χ1) is 22.0. The molecule has 1 saturated heterocycles. The maximum absolute atomic E-state index is 14.3. The summed E-state index contributed by atoms with van der Waals surface area (Å²) in [6.07, 6.45) is 0.174. The minimum atomic E-state index is -1.15. The number of carbonyl (C=O) groups is 2. The summed E-state index contributed by atoms with van der Waals surface area (Å²) in [7, 11) is 1.58. The Hall–Kier alpha value is -3.37. The van der Waals surface area contributed by atoms with Crippen molar-refractivity contribution in [1.82, 2.24) is 10.2 Å². The number of nitrogens with zero attached hydrogens (tertiary/aromatic N) is 2. The van der Waals surface area contributed by atoms with Gasteiger partial charge in [-0.15, -0.1) is 12.4 Å². The smallest absolute Gasteiger partial charge is 0.256 e. The van der Waals surface area contributed by atoms with Crippen LogP contribution in [-0.2, 0) is 20.9 Å². The fraction of sp³-hybridized carbons (Fsp3) is 0.444. The second kappa shape index (κ2) is 16.2. The number of likely N-dealkylation sites (tertiary alicyclic amines) is 1. The van der Waals surface area contributed by atoms with E-state index < -0.39 is 23.9 Å². The van der Waals surface area contributed by atoms with Gasteiger partial charge >= 0.3 is 0 Å². The van der Waals surface area contributed by atoms with E-state index >= 15 is 0 Å². The summed E-state index contributed by atoms with van der Waals surface area (Å²) in [5, 5.41) is 3.23. The average Bonchev–Trinajstić information content (AvgIpc) is 3.51. The number of para-hydroxylation sites is 1. The summed E-state index contributed by atoms with van der Waals surface area (Å²) in [5.41, 5.74) is 2.04. The highest BCUT2D eigenvalue weighted by Gasteiger charge is 2.40. The van der Waals surface area contributed by atoms with Crippen molar-refractivity contribution < 1.29 is 28.2 Å². The largest absolute Gasteiger partial charge is 0.492 e. The van der Waals surface area contributed by atoms with Gasteiger partial charge in [-0.1, -0.05) is 62.7 Å². The van der Waals surface area contributed by atoms with Gasteiger partial charge in [0.25, 0.3) is 5.91 Å². The topological polar surface area (TPSA) is 80.3 Å². The Kier molecular flexibility index (Phi) is 12.5. The van der Waals surface area contributed by atoms with Crippen LogP contribution >= 0.6 is 24.0 Å². The molecule has 2 aliphatic heterocycles. The number of ether oxygens (including phenoxy) is 3. The lowest BCUT2D eigenvalue weighted by Crippen LogP contribution is -2.45. The van der Waals surface area contributed by atoms with E-state index in [0.29, 0.717) is 52.1 Å². The molecule has 2 amide bonds. The van der Waals surface area contributed by atoms with Gasteiger partial charge in [-0.05, 0) is 61.7 Å². The molecule has 8 nitrogen and oxygen atoms in total. The fourth-order valence-electron chi connectivity index (χ4n) is 6.02. The molecule has 5 rings (SSSR count). The van der Waals surface area contributed by atoms with Crippen LogP contribution in [0.15, 0.2) is 60.7 Å². The number of amides is 2. The zero-order chi connectivity index (χ0) is 32.8. The molecule has 47 heavy (non-hydrogen) atoms. The molecule has 3 aromatic rings. The maximum Gasteiger partial charge on any atom is 0.256 e. The molecule has 3 aromatic carbocycles. The molecule has 2 unspecified atom stereocenters. The van der Waals surface area contributed by atoms with Crippen molar-refractivity contribution in [1.29, 1.82) is 0 Å². The third-order valence-electron chi connectivity index (χ3n) is 8.20. The summed E-state index contributed by atoms with van der Waals surface area (Å²) in [4.78, 5) is 31.6. The highest BCUT2D eigenvalue weighted by Crippen LogP contribution is 2.45. The zero-order valence-electron chi connectivity index (χ0n) is 27.4. The molecule has 2 aliphatic rings. The van der Waals surface area contributed by atoms with Crippen LogP contribution in [0.1, 0.15) is 62.8 Å². The Bertz CT molecular complexity index is 1540. The van der Waals surface area contributed by atoms with Crippen LogP contribution in [0.2, 0.25) is 5.02 Å². The van der Waals surface area contributed by atoms with Gasteiger partial charge in [0.15, 0.2) is 11.5 Å². The molecule has 0 aromatic heterocycles. The number of anilines is 1. The van der Waals surface area contributed by atoms with Gasteiger partial charge in [-0.3, -0.25) is 14.5 Å². The van der Waals surface area contributed by atoms with Gasteiger partial charge in [0.05, 0.1) is 13.5 Å². The van der Waals surface area contributed by atoms with E-state index in [1.807, 2.05) is 45.0 Å². The van der Waals surface area contributed by atoms with E-state index in [4.69, 9.17) is 25.8 Å². The molecule has 2 atom stereocenters. The molecule has 11 heteroatoms. The van der Waals surface area contributed by atoms with Gasteiger partial charge in [-0.2, -0.15) is 0 Å². The van der Waals surface area contributed by atoms with E-state index in [9.17, 15) is 14.0 Å². The quantitative estimate of drug-likeness (QED) is 0.235. The molecule has 0 saturated carbocycles. The van der Waals surface area contributed by atoms with E-state index in [1.54, 1.807) is 42.3 Å². The summed E-state index contributed by atoms with van der Waals surface area (Å²) in [6, 6.07) is 17.2. The van der Waals surface area contributed by atoms with E-state index in [-0.39, 0.29) is 36.7 Å². The standard InChI is InChI=1S/C36H43ClFN3O5.ClH/c1-36(2,3)23-41-29-15-14-25(37)20-27(29)33(26-11-9-13-30(34(26)44-4)45-19-18-40-16-7-8-17-40)46-31(35(41)43)21-32(42)39-22-24-10-5-6-12-28(24)38;/h5-6,9-15,20,31,33H,7-8,16-19,21-23H2,1-4H3,(H,39,42);1H. The van der Waals surface area contributed by atoms with Crippen LogP contribution in [-0.4, -0.2) is 62.7 Å². The number of hydrogen-bond acceptors (Lipinski definition) is 6. The number of rotatable bonds is 11. The second-order valence-electron chi connectivity index (χ2n) is 13.0. The molecular formula is C36H44Cl2FN3O5. The number of hydrogen-bond donors (Lipinski definition) is 1. The Labute approximate surface area is 287 Å². The van der Waals surface area contributed by atoms with Crippen LogP contribution in [0.25, 0.3) is 0 Å². The molecule has 2 heterocycles. The molecule has 0 bridgehead atoms. The number of benzene rings is 3. The molecule has 0 spiro atoms. The van der Waals surface area contributed by atoms with Crippen LogP contribution < -0.4 is 19.7 Å². The van der Waals surface area contributed by atoms with Gasteiger partial charge < -0.3 is 24.4 Å². The van der Waals surface area contributed by atoms with Crippen LogP contribution in [0.3, 0.4) is 0 Å². The molecule has 1 N–H and O–H groups in total. The summed E-state index contributed by atoms with van der Waals surface area (Å²) in [5.74, 6) is -0.153. The maximum atomic E-state index is 14.3. The highest BCUT2D eigenvalue weighted by molar-refractivity contribution is 6.30. The average molecular weight is 689 g/mol. The first kappa shape index (κ1) is 36.5. The predicted octanol–water partition coefficient (Wildman–Crippen LogP) is 6.96. The third kappa shape index (κ3) is 9.16. The number of nitrogens with one attached hydrogen (secondary N) is 1. The summed E-state index contributed by atoms with van der Waals surface area (Å²) in [6.45, 7) is 9.94. The Morgan fingerprint density at radius 1 is 1.06 bits per heavy atom. The predicted molar refractivity (Wildman–Crippen MR) is 184 cm³/mol. The number of methoxy groups -OCH3 is 1. The highest BCUT2D eigenvalue weighted by atomic mass is 35.5. The number of fused-ring (bicyclic) bond motifs is 1. The van der Waals surface area contributed by atoms with Gasteiger partial charge in [0.2, 0.25) is 5.91 Å². The molecule has 0 radical (unpaired) electrons. The lowest BCUT2D eigenvalue weighted by atomic mass is 9.94. The Morgan fingerprint density at radius 2 is 1.81 bits per heavy atom. The second-order valence-corrected chi connectivity index (χ2v) is 13.5. The third-order valence-corrected chi connectivity index (χ3v) is 8.44. The minimum absolute atomic E-state index is 0. The van der Waals surface area contributed by atoms with E-state index in [0.717, 1.165) is 19.6 Å². The summed E-state index contributed by atoms with van der Waals surface area (Å²) < 4.78 is 33.0. The molecular weight excluding hydrogens is 644 g/mol. The van der Waals surface area contributed by atoms with Crippen molar-refractivity contribution >= 4 is 41.5 Å². The van der Waals surface area contributed by atoms with Crippen molar-refractivity contribution in [3.63, 3.8) is 0 Å². The lowest BCUT2D eigenvalue weighted by molar-refractivity contribution is -0.138. The van der Waals surface area contributed by atoms with Crippen molar-refractivity contribution in [2.24, 2.45) is 5.41 Å². The molecule has 0 aliphatic carbocycles. The van der Waals surface area contributed by atoms with Crippen molar-refractivity contribution in [3.8, 4) is 11.5 Å². The van der Waals surface area contributed by atoms with Crippen LogP contribution in [0.5, 0.6) is 11.5 Å². The van der Waals surface area contributed by atoms with Crippen molar-refractivity contribution in [2.45, 2.75) is 58.8 Å². The Morgan fingerprint density at radius 3 is 2.51 bits per heavy atom. The zero-order valence-corrected chi connectivity index (χ0v) is 29.0. The van der Waals surface area contributed by atoms with E-state index in [1.165, 1.54) is 18.9 Å². The monoisotopic (exact) mass is 687 g/mol. The fourth-order valence-corrected chi connectivity index (χ4v) is 6.20. The van der Waals surface area contributed by atoms with Gasteiger partial charge in [0, 0.05) is 47.0 Å².